The Morgan fingerprint density at radius 1 is 1.07 bits per heavy atom. The molecule has 1 atom stereocenters. The summed E-state index contributed by atoms with van der Waals surface area (Å²) in [5.74, 6) is -1.18. The lowest BCUT2D eigenvalue weighted by Gasteiger charge is -2.27. The monoisotopic (exact) mass is 369 g/mol. The maximum absolute atomic E-state index is 12.6. The van der Waals surface area contributed by atoms with E-state index in [2.05, 4.69) is 12.1 Å². The molecule has 6 nitrogen and oxygen atoms in total. The molecule has 1 amide bonds. The first-order chi connectivity index (χ1) is 13.1. The molecular formula is C21H23NO5. The summed E-state index contributed by atoms with van der Waals surface area (Å²) in [6.45, 7) is 2.00. The summed E-state index contributed by atoms with van der Waals surface area (Å²) in [7, 11) is 1.40. The van der Waals surface area contributed by atoms with Crippen molar-refractivity contribution in [3.63, 3.8) is 0 Å². The lowest BCUT2D eigenvalue weighted by atomic mass is 9.98. The number of aliphatic carboxylic acids is 1. The van der Waals surface area contributed by atoms with Gasteiger partial charge in [0.1, 0.15) is 6.61 Å². The molecule has 1 aliphatic rings. The minimum absolute atomic E-state index is 0.0641. The standard InChI is InChI=1S/C21H23NO5/c1-3-22(19(13-26-2)20(23)24)21(25)27-12-18-16-10-6-4-8-14(16)15-9-5-7-11-17(15)18/h4-11,18-19H,3,12-13H2,1-2H3,(H,23,24). The molecule has 6 heteroatoms. The van der Waals surface area contributed by atoms with Crippen LogP contribution in [0.2, 0.25) is 0 Å². The van der Waals surface area contributed by atoms with Crippen LogP contribution >= 0.6 is 0 Å². The van der Waals surface area contributed by atoms with Crippen molar-refractivity contribution in [2.75, 3.05) is 26.9 Å². The molecule has 0 aliphatic heterocycles. The van der Waals surface area contributed by atoms with Crippen LogP contribution in [0.1, 0.15) is 24.0 Å². The van der Waals surface area contributed by atoms with Gasteiger partial charge in [0.05, 0.1) is 6.61 Å². The fourth-order valence-corrected chi connectivity index (χ4v) is 3.61. The lowest BCUT2D eigenvalue weighted by molar-refractivity contribution is -0.144. The Morgan fingerprint density at radius 3 is 2.11 bits per heavy atom. The molecule has 27 heavy (non-hydrogen) atoms. The minimum Gasteiger partial charge on any atom is -0.480 e. The highest BCUT2D eigenvalue weighted by molar-refractivity contribution is 5.81. The number of likely N-dealkylation sites (N-methyl/N-ethyl adjacent to an activating group) is 1. The van der Waals surface area contributed by atoms with Crippen LogP contribution in [0.15, 0.2) is 48.5 Å². The average Bonchev–Trinajstić information content (AvgIpc) is 3.00. The average molecular weight is 369 g/mol. The van der Waals surface area contributed by atoms with Gasteiger partial charge in [0.2, 0.25) is 0 Å². The smallest absolute Gasteiger partial charge is 0.410 e. The normalized spacial score (nSPS) is 13.6. The Balaban J connectivity index is 1.78. The third-order valence-electron chi connectivity index (χ3n) is 4.90. The van der Waals surface area contributed by atoms with Crippen LogP contribution in [0.25, 0.3) is 11.1 Å². The summed E-state index contributed by atoms with van der Waals surface area (Å²) < 4.78 is 10.5. The number of hydrogen-bond donors (Lipinski definition) is 1. The second-order valence-electron chi connectivity index (χ2n) is 6.40. The van der Waals surface area contributed by atoms with Gasteiger partial charge < -0.3 is 14.6 Å². The first-order valence-electron chi connectivity index (χ1n) is 8.91. The van der Waals surface area contributed by atoms with Gasteiger partial charge >= 0.3 is 12.1 Å². The van der Waals surface area contributed by atoms with Crippen LogP contribution in [0.5, 0.6) is 0 Å². The first-order valence-corrected chi connectivity index (χ1v) is 8.91. The highest BCUT2D eigenvalue weighted by atomic mass is 16.6. The summed E-state index contributed by atoms with van der Waals surface area (Å²) >= 11 is 0. The fourth-order valence-electron chi connectivity index (χ4n) is 3.61. The van der Waals surface area contributed by atoms with Gasteiger partial charge in [-0.25, -0.2) is 9.59 Å². The Hall–Kier alpha value is -2.86. The van der Waals surface area contributed by atoms with Crippen LogP contribution in [0.4, 0.5) is 4.79 Å². The van der Waals surface area contributed by atoms with E-state index >= 15 is 0 Å². The Morgan fingerprint density at radius 2 is 1.63 bits per heavy atom. The number of benzene rings is 2. The summed E-state index contributed by atoms with van der Waals surface area (Å²) in [4.78, 5) is 25.2. The van der Waals surface area contributed by atoms with E-state index in [-0.39, 0.29) is 25.7 Å². The molecule has 0 heterocycles. The van der Waals surface area contributed by atoms with Crippen molar-refractivity contribution in [1.82, 2.24) is 4.90 Å². The number of amides is 1. The SMILES string of the molecule is CCN(C(=O)OCC1c2ccccc2-c2ccccc21)C(COC)C(=O)O. The van der Waals surface area contributed by atoms with Crippen molar-refractivity contribution < 1.29 is 24.2 Å². The quantitative estimate of drug-likeness (QED) is 0.810. The molecule has 1 N–H and O–H groups in total. The molecule has 3 rings (SSSR count). The maximum atomic E-state index is 12.6. The van der Waals surface area contributed by atoms with Crippen molar-refractivity contribution in [3.8, 4) is 11.1 Å². The van der Waals surface area contributed by atoms with Crippen molar-refractivity contribution in [1.29, 1.82) is 0 Å². The number of carbonyl (C=O) groups excluding carboxylic acids is 1. The summed E-state index contributed by atoms with van der Waals surface area (Å²) in [5, 5.41) is 9.37. The van der Waals surface area contributed by atoms with E-state index in [9.17, 15) is 14.7 Å². The van der Waals surface area contributed by atoms with Crippen molar-refractivity contribution in [2.24, 2.45) is 0 Å². The number of methoxy groups -OCH3 is 1. The molecular weight excluding hydrogens is 346 g/mol. The molecule has 0 saturated heterocycles. The molecule has 0 bridgehead atoms. The predicted molar refractivity (Wildman–Crippen MR) is 101 cm³/mol. The number of hydrogen-bond acceptors (Lipinski definition) is 4. The molecule has 0 fully saturated rings. The molecule has 0 aromatic heterocycles. The minimum atomic E-state index is -1.12. The molecule has 142 valence electrons. The number of rotatable bonds is 7. The Labute approximate surface area is 158 Å². The van der Waals surface area contributed by atoms with E-state index in [1.165, 1.54) is 12.0 Å². The van der Waals surface area contributed by atoms with E-state index < -0.39 is 18.1 Å². The number of fused-ring (bicyclic) bond motifs is 3. The number of carboxylic acids is 1. The van der Waals surface area contributed by atoms with Gasteiger partial charge in [-0.05, 0) is 29.2 Å². The van der Waals surface area contributed by atoms with Gasteiger partial charge in [0.25, 0.3) is 0 Å². The second kappa shape index (κ2) is 8.22. The number of carboxylic acid groups (broad SMARTS) is 1. The zero-order valence-corrected chi connectivity index (χ0v) is 15.4. The van der Waals surface area contributed by atoms with E-state index in [0.717, 1.165) is 22.3 Å². The largest absolute Gasteiger partial charge is 0.480 e. The zero-order valence-electron chi connectivity index (χ0n) is 15.4. The molecule has 0 radical (unpaired) electrons. The van der Waals surface area contributed by atoms with Gasteiger partial charge in [-0.1, -0.05) is 48.5 Å². The van der Waals surface area contributed by atoms with Gasteiger partial charge in [-0.3, -0.25) is 4.90 Å². The zero-order chi connectivity index (χ0) is 19.4. The fraction of sp³-hybridized carbons (Fsp3) is 0.333. The van der Waals surface area contributed by atoms with Crippen LogP contribution in [0, 0.1) is 0 Å². The van der Waals surface area contributed by atoms with Gasteiger partial charge in [-0.2, -0.15) is 0 Å². The molecule has 0 spiro atoms. The predicted octanol–water partition coefficient (Wildman–Crippen LogP) is 3.36. The van der Waals surface area contributed by atoms with E-state index in [1.807, 2.05) is 36.4 Å². The summed E-state index contributed by atoms with van der Waals surface area (Å²) in [5.41, 5.74) is 4.51. The lowest BCUT2D eigenvalue weighted by Crippen LogP contribution is -2.48. The highest BCUT2D eigenvalue weighted by Gasteiger charge is 2.32. The van der Waals surface area contributed by atoms with Crippen LogP contribution in [0.3, 0.4) is 0 Å². The van der Waals surface area contributed by atoms with Gasteiger partial charge in [0, 0.05) is 19.6 Å². The summed E-state index contributed by atoms with van der Waals surface area (Å²) in [6.07, 6.45) is -0.649. The van der Waals surface area contributed by atoms with Gasteiger partial charge in [0.15, 0.2) is 6.04 Å². The second-order valence-corrected chi connectivity index (χ2v) is 6.40. The number of ether oxygens (including phenoxy) is 2. The van der Waals surface area contributed by atoms with Gasteiger partial charge in [-0.15, -0.1) is 0 Å². The molecule has 2 aromatic rings. The van der Waals surface area contributed by atoms with Crippen molar-refractivity contribution in [3.05, 3.63) is 59.7 Å². The van der Waals surface area contributed by atoms with Crippen molar-refractivity contribution in [2.45, 2.75) is 18.9 Å². The topological polar surface area (TPSA) is 76.1 Å². The van der Waals surface area contributed by atoms with E-state index in [4.69, 9.17) is 9.47 Å². The number of nitrogens with zero attached hydrogens (tertiary/aromatic N) is 1. The van der Waals surface area contributed by atoms with Crippen LogP contribution in [-0.2, 0) is 14.3 Å². The molecule has 2 aromatic carbocycles. The highest BCUT2D eigenvalue weighted by Crippen LogP contribution is 2.44. The van der Waals surface area contributed by atoms with Crippen LogP contribution < -0.4 is 0 Å². The maximum Gasteiger partial charge on any atom is 0.410 e. The van der Waals surface area contributed by atoms with Crippen molar-refractivity contribution >= 4 is 12.1 Å². The third-order valence-corrected chi connectivity index (χ3v) is 4.90. The first kappa shape index (κ1) is 18.9. The third kappa shape index (κ3) is 3.66. The van der Waals surface area contributed by atoms with E-state index in [1.54, 1.807) is 6.92 Å². The molecule has 1 aliphatic carbocycles. The molecule has 1 unspecified atom stereocenters. The Kier molecular flexibility index (Phi) is 5.76. The van der Waals surface area contributed by atoms with E-state index in [0.29, 0.717) is 0 Å². The summed E-state index contributed by atoms with van der Waals surface area (Å²) in [6, 6.07) is 15.0. The molecule has 0 saturated carbocycles. The Bertz CT molecular complexity index is 789. The van der Waals surface area contributed by atoms with Crippen LogP contribution in [-0.4, -0.2) is 55.0 Å². The number of carbonyl (C=O) groups is 2.